The van der Waals surface area contributed by atoms with Gasteiger partial charge in [-0.15, -0.1) is 0 Å². The van der Waals surface area contributed by atoms with Gasteiger partial charge in [-0.1, -0.05) is 0 Å². The number of rotatable bonds is 1. The highest BCUT2D eigenvalue weighted by Crippen LogP contribution is 2.38. The molecule has 0 radical (unpaired) electrons. The summed E-state index contributed by atoms with van der Waals surface area (Å²) in [5, 5.41) is 13.8. The molecule has 3 rings (SSSR count). The van der Waals surface area contributed by atoms with E-state index in [0.717, 1.165) is 12.8 Å². The van der Waals surface area contributed by atoms with Crippen LogP contribution in [0.4, 0.5) is 0 Å². The lowest BCUT2D eigenvalue weighted by Crippen LogP contribution is -2.33. The average molecular weight is 263 g/mol. The van der Waals surface area contributed by atoms with Gasteiger partial charge in [-0.25, -0.2) is 4.68 Å². The van der Waals surface area contributed by atoms with E-state index in [0.29, 0.717) is 19.0 Å². The molecule has 1 amide bonds. The molecule has 2 heterocycles. The molecular weight excluding hydrogens is 246 g/mol. The smallest absolute Gasteiger partial charge is 0.274 e. The molecule has 2 fully saturated rings. The minimum atomic E-state index is -0.282. The predicted octanol–water partition coefficient (Wildman–Crippen LogP) is -0.377. The second-order valence-electron chi connectivity index (χ2n) is 5.46. The van der Waals surface area contributed by atoms with E-state index in [2.05, 4.69) is 5.10 Å². The van der Waals surface area contributed by atoms with Gasteiger partial charge in [0, 0.05) is 32.1 Å². The fraction of sp³-hybridized carbons (Fsp3) is 0.615. The summed E-state index contributed by atoms with van der Waals surface area (Å²) in [5.74, 6) is 0.458. The number of hydrogen-bond donors (Lipinski definition) is 1. The van der Waals surface area contributed by atoms with Crippen molar-refractivity contribution in [3.63, 3.8) is 0 Å². The Morgan fingerprint density at radius 2 is 2.16 bits per heavy atom. The van der Waals surface area contributed by atoms with Crippen molar-refractivity contribution in [1.29, 1.82) is 0 Å². The van der Waals surface area contributed by atoms with Crippen LogP contribution in [0.5, 0.6) is 0 Å². The number of carbonyl (C=O) groups excluding carboxylic acids is 1. The monoisotopic (exact) mass is 263 g/mol. The van der Waals surface area contributed by atoms with Crippen LogP contribution in [0, 0.1) is 11.8 Å². The van der Waals surface area contributed by atoms with Gasteiger partial charge in [0.15, 0.2) is 0 Å². The number of aliphatic hydroxyl groups is 1. The lowest BCUT2D eigenvalue weighted by Gasteiger charge is -2.18. The zero-order valence-corrected chi connectivity index (χ0v) is 10.8. The first-order valence-electron chi connectivity index (χ1n) is 6.58. The second-order valence-corrected chi connectivity index (χ2v) is 5.46. The van der Waals surface area contributed by atoms with E-state index in [4.69, 9.17) is 0 Å². The summed E-state index contributed by atoms with van der Waals surface area (Å²) in [5.41, 5.74) is 0.0572. The SMILES string of the molecule is Cn1nc(C(=O)N2CC3CCC(O)C3C2)ccc1=O. The van der Waals surface area contributed by atoms with Crippen LogP contribution in [0.3, 0.4) is 0 Å². The average Bonchev–Trinajstić information content (AvgIpc) is 2.95. The minimum Gasteiger partial charge on any atom is -0.393 e. The van der Waals surface area contributed by atoms with Gasteiger partial charge < -0.3 is 10.0 Å². The Labute approximate surface area is 110 Å². The number of aromatic nitrogens is 2. The summed E-state index contributed by atoms with van der Waals surface area (Å²) in [6, 6.07) is 2.82. The van der Waals surface area contributed by atoms with Crippen LogP contribution in [0.25, 0.3) is 0 Å². The molecule has 19 heavy (non-hydrogen) atoms. The first-order valence-corrected chi connectivity index (χ1v) is 6.58. The van der Waals surface area contributed by atoms with E-state index >= 15 is 0 Å². The van der Waals surface area contributed by atoms with Gasteiger partial charge in [0.1, 0.15) is 5.69 Å². The molecule has 1 aliphatic heterocycles. The van der Waals surface area contributed by atoms with Gasteiger partial charge in [-0.2, -0.15) is 5.10 Å². The van der Waals surface area contributed by atoms with Crippen LogP contribution in [0.2, 0.25) is 0 Å². The van der Waals surface area contributed by atoms with Crippen LogP contribution in [0.15, 0.2) is 16.9 Å². The fourth-order valence-corrected chi connectivity index (χ4v) is 3.18. The summed E-state index contributed by atoms with van der Waals surface area (Å²) in [6.45, 7) is 1.28. The molecule has 102 valence electrons. The molecule has 1 aliphatic carbocycles. The molecule has 0 aromatic carbocycles. The topological polar surface area (TPSA) is 75.4 Å². The summed E-state index contributed by atoms with van der Waals surface area (Å²) in [4.78, 5) is 25.3. The first-order chi connectivity index (χ1) is 9.06. The normalized spacial score (nSPS) is 29.6. The third-order valence-electron chi connectivity index (χ3n) is 4.29. The molecule has 3 atom stereocenters. The number of hydrogen-bond acceptors (Lipinski definition) is 4. The Kier molecular flexibility index (Phi) is 2.89. The van der Waals surface area contributed by atoms with Gasteiger partial charge in [-0.05, 0) is 24.8 Å². The van der Waals surface area contributed by atoms with Crippen LogP contribution < -0.4 is 5.56 Å². The maximum absolute atomic E-state index is 12.3. The summed E-state index contributed by atoms with van der Waals surface area (Å²) in [7, 11) is 1.53. The zero-order valence-electron chi connectivity index (χ0n) is 10.8. The van der Waals surface area contributed by atoms with Gasteiger partial charge in [0.2, 0.25) is 0 Å². The first kappa shape index (κ1) is 12.3. The number of carbonyl (C=O) groups is 1. The molecule has 0 spiro atoms. The quantitative estimate of drug-likeness (QED) is 0.749. The van der Waals surface area contributed by atoms with Crippen molar-refractivity contribution >= 4 is 5.91 Å². The number of fused-ring (bicyclic) bond motifs is 1. The molecule has 1 saturated heterocycles. The van der Waals surface area contributed by atoms with Crippen molar-refractivity contribution in [2.75, 3.05) is 13.1 Å². The van der Waals surface area contributed by atoms with Gasteiger partial charge >= 0.3 is 0 Å². The zero-order chi connectivity index (χ0) is 13.6. The highest BCUT2D eigenvalue weighted by Gasteiger charge is 2.43. The molecule has 6 heteroatoms. The van der Waals surface area contributed by atoms with E-state index in [1.54, 1.807) is 4.90 Å². The van der Waals surface area contributed by atoms with Crippen molar-refractivity contribution in [1.82, 2.24) is 14.7 Å². The summed E-state index contributed by atoms with van der Waals surface area (Å²) < 4.78 is 1.17. The number of nitrogens with zero attached hydrogens (tertiary/aromatic N) is 3. The molecule has 1 N–H and O–H groups in total. The van der Waals surface area contributed by atoms with Crippen molar-refractivity contribution in [2.45, 2.75) is 18.9 Å². The van der Waals surface area contributed by atoms with Gasteiger partial charge in [0.05, 0.1) is 6.10 Å². The van der Waals surface area contributed by atoms with E-state index in [-0.39, 0.29) is 29.2 Å². The molecule has 0 bridgehead atoms. The molecule has 1 saturated carbocycles. The number of likely N-dealkylation sites (tertiary alicyclic amines) is 1. The Bertz CT molecular complexity index is 568. The third-order valence-corrected chi connectivity index (χ3v) is 4.29. The molecular formula is C13H17N3O3. The standard InChI is InChI=1S/C13H17N3O3/c1-15-12(18)5-3-10(14-15)13(19)16-6-8-2-4-11(17)9(8)7-16/h3,5,8-9,11,17H,2,4,6-7H2,1H3. The van der Waals surface area contributed by atoms with E-state index in [1.807, 2.05) is 0 Å². The van der Waals surface area contributed by atoms with Gasteiger partial charge in [-0.3, -0.25) is 9.59 Å². The van der Waals surface area contributed by atoms with Gasteiger partial charge in [0.25, 0.3) is 11.5 Å². The maximum Gasteiger partial charge on any atom is 0.274 e. The van der Waals surface area contributed by atoms with E-state index in [1.165, 1.54) is 23.9 Å². The number of amides is 1. The van der Waals surface area contributed by atoms with Crippen molar-refractivity contribution in [3.8, 4) is 0 Å². The Hall–Kier alpha value is -1.69. The van der Waals surface area contributed by atoms with Crippen LogP contribution in [-0.2, 0) is 7.05 Å². The number of aliphatic hydroxyl groups excluding tert-OH is 1. The predicted molar refractivity (Wildman–Crippen MR) is 67.6 cm³/mol. The van der Waals surface area contributed by atoms with E-state index in [9.17, 15) is 14.7 Å². The molecule has 2 aliphatic rings. The molecule has 6 nitrogen and oxygen atoms in total. The highest BCUT2D eigenvalue weighted by molar-refractivity contribution is 5.92. The maximum atomic E-state index is 12.3. The minimum absolute atomic E-state index is 0.155. The second kappa shape index (κ2) is 4.45. The van der Waals surface area contributed by atoms with Crippen LogP contribution >= 0.6 is 0 Å². The van der Waals surface area contributed by atoms with Crippen LogP contribution in [-0.4, -0.2) is 44.9 Å². The van der Waals surface area contributed by atoms with Crippen molar-refractivity contribution in [2.24, 2.45) is 18.9 Å². The molecule has 1 aromatic rings. The fourth-order valence-electron chi connectivity index (χ4n) is 3.18. The van der Waals surface area contributed by atoms with E-state index < -0.39 is 0 Å². The van der Waals surface area contributed by atoms with Crippen molar-refractivity contribution in [3.05, 3.63) is 28.2 Å². The van der Waals surface area contributed by atoms with Crippen LogP contribution in [0.1, 0.15) is 23.3 Å². The summed E-state index contributed by atoms with van der Waals surface area (Å²) in [6.07, 6.45) is 1.54. The lowest BCUT2D eigenvalue weighted by atomic mass is 10.00. The molecule has 3 unspecified atom stereocenters. The highest BCUT2D eigenvalue weighted by atomic mass is 16.3. The Morgan fingerprint density at radius 1 is 1.37 bits per heavy atom. The largest absolute Gasteiger partial charge is 0.393 e. The lowest BCUT2D eigenvalue weighted by molar-refractivity contribution is 0.0744. The number of aryl methyl sites for hydroxylation is 1. The Balaban J connectivity index is 1.78. The van der Waals surface area contributed by atoms with Crippen molar-refractivity contribution < 1.29 is 9.90 Å². The Morgan fingerprint density at radius 3 is 2.84 bits per heavy atom. The third kappa shape index (κ3) is 2.06. The summed E-state index contributed by atoms with van der Waals surface area (Å²) >= 11 is 0. The molecule has 1 aromatic heterocycles.